The first-order valence-corrected chi connectivity index (χ1v) is 5.55. The Morgan fingerprint density at radius 3 is 2.22 bits per heavy atom. The molecule has 3 heteroatoms. The molecule has 0 amide bonds. The van der Waals surface area contributed by atoms with Gasteiger partial charge in [-0.2, -0.15) is 30.3 Å². The molecule has 0 atom stereocenters. The van der Waals surface area contributed by atoms with E-state index in [0.29, 0.717) is 12.4 Å². The first-order chi connectivity index (χ1) is 8.38. The Morgan fingerprint density at radius 2 is 1.83 bits per heavy atom. The maximum atomic E-state index is 10.2. The maximum absolute atomic E-state index is 10.2. The predicted octanol–water partition coefficient (Wildman–Crippen LogP) is 3.38. The fourth-order valence-electron chi connectivity index (χ4n) is 1.30. The molecule has 2 aromatic rings. The molecule has 2 aromatic carbocycles. The van der Waals surface area contributed by atoms with Crippen molar-refractivity contribution in [2.75, 3.05) is 6.61 Å². The van der Waals surface area contributed by atoms with Crippen LogP contribution in [0.5, 0.6) is 0 Å². The first-order valence-electron chi connectivity index (χ1n) is 5.55. The molecule has 0 fully saturated rings. The van der Waals surface area contributed by atoms with E-state index in [4.69, 9.17) is 4.74 Å². The Morgan fingerprint density at radius 1 is 1.22 bits per heavy atom. The maximum Gasteiger partial charge on any atom is 2.00 e. The Labute approximate surface area is 118 Å². The second-order valence-corrected chi connectivity index (χ2v) is 3.24. The summed E-state index contributed by atoms with van der Waals surface area (Å²) in [6.07, 6.45) is 2.16. The van der Waals surface area contributed by atoms with Gasteiger partial charge in [0, 0.05) is 5.76 Å². The summed E-state index contributed by atoms with van der Waals surface area (Å²) in [5.74, 6) is 0.637. The van der Waals surface area contributed by atoms with Crippen LogP contribution >= 0.6 is 0 Å². The van der Waals surface area contributed by atoms with Gasteiger partial charge in [-0.15, -0.1) is 12.1 Å². The molecule has 0 spiro atoms. The zero-order valence-electron chi connectivity index (χ0n) is 10.2. The molecule has 0 aromatic heterocycles. The van der Waals surface area contributed by atoms with Crippen LogP contribution in [0, 0.1) is 0 Å². The van der Waals surface area contributed by atoms with Crippen molar-refractivity contribution in [3.05, 3.63) is 66.2 Å². The molecule has 2 nitrogen and oxygen atoms in total. The van der Waals surface area contributed by atoms with Crippen molar-refractivity contribution in [1.29, 1.82) is 0 Å². The van der Waals surface area contributed by atoms with E-state index < -0.39 is 0 Å². The van der Waals surface area contributed by atoms with Crippen molar-refractivity contribution >= 4 is 12.0 Å². The Bertz CT molecular complexity index is 396. The van der Waals surface area contributed by atoms with Gasteiger partial charge in [0.05, 0.1) is 6.61 Å². The van der Waals surface area contributed by atoms with Gasteiger partial charge in [-0.05, 0) is 6.92 Å². The van der Waals surface area contributed by atoms with E-state index in [1.807, 2.05) is 61.5 Å². The normalized spacial score (nSPS) is 9.72. The number of rotatable bonds is 4. The SMILES string of the molecule is CCOC(=CC=O)[c-]1cccc1.[Fe+2].c1cc[cH-]c1. The van der Waals surface area contributed by atoms with Crippen LogP contribution in [0.25, 0.3) is 5.76 Å². The van der Waals surface area contributed by atoms with Gasteiger partial charge in [0.1, 0.15) is 6.29 Å². The van der Waals surface area contributed by atoms with Crippen LogP contribution in [0.1, 0.15) is 12.5 Å². The smallest absolute Gasteiger partial charge is 0.512 e. The summed E-state index contributed by atoms with van der Waals surface area (Å²) < 4.78 is 5.26. The average Bonchev–Trinajstić information content (AvgIpc) is 3.05. The second-order valence-electron chi connectivity index (χ2n) is 3.24. The summed E-state index contributed by atoms with van der Waals surface area (Å²) in [4.78, 5) is 10.2. The minimum atomic E-state index is 0. The van der Waals surface area contributed by atoms with Crippen molar-refractivity contribution in [2.45, 2.75) is 6.92 Å². The van der Waals surface area contributed by atoms with Crippen LogP contribution < -0.4 is 0 Å². The summed E-state index contributed by atoms with van der Waals surface area (Å²) in [5, 5.41) is 0. The Balaban J connectivity index is 0.000000405. The van der Waals surface area contributed by atoms with Crippen LogP contribution in [0.15, 0.2) is 60.7 Å². The molecular weight excluding hydrogens is 268 g/mol. The van der Waals surface area contributed by atoms with E-state index in [2.05, 4.69) is 0 Å². The molecule has 2 rings (SSSR count). The zero-order valence-corrected chi connectivity index (χ0v) is 11.3. The van der Waals surface area contributed by atoms with Gasteiger partial charge in [0.2, 0.25) is 0 Å². The summed E-state index contributed by atoms with van der Waals surface area (Å²) in [6, 6.07) is 17.6. The van der Waals surface area contributed by atoms with Crippen LogP contribution in [-0.2, 0) is 26.6 Å². The van der Waals surface area contributed by atoms with Crippen molar-refractivity contribution in [2.24, 2.45) is 0 Å². The summed E-state index contributed by atoms with van der Waals surface area (Å²) in [6.45, 7) is 2.46. The quantitative estimate of drug-likeness (QED) is 0.283. The largest absolute Gasteiger partial charge is 2.00 e. The van der Waals surface area contributed by atoms with Crippen molar-refractivity contribution in [1.82, 2.24) is 0 Å². The molecule has 0 N–H and O–H groups in total. The topological polar surface area (TPSA) is 26.3 Å². The third kappa shape index (κ3) is 6.24. The van der Waals surface area contributed by atoms with Crippen molar-refractivity contribution < 1.29 is 26.6 Å². The molecule has 0 heterocycles. The van der Waals surface area contributed by atoms with Gasteiger partial charge in [-0.3, -0.25) is 0 Å². The first kappa shape index (κ1) is 16.4. The fraction of sp³-hybridized carbons (Fsp3) is 0.133. The predicted molar refractivity (Wildman–Crippen MR) is 69.7 cm³/mol. The molecule has 0 unspecified atom stereocenters. The Kier molecular flexibility index (Phi) is 9.65. The van der Waals surface area contributed by atoms with E-state index in [1.165, 1.54) is 6.08 Å². The number of carbonyl (C=O) groups is 1. The molecule has 0 bridgehead atoms. The van der Waals surface area contributed by atoms with Crippen LogP contribution in [0.4, 0.5) is 0 Å². The average molecular weight is 284 g/mol. The van der Waals surface area contributed by atoms with E-state index >= 15 is 0 Å². The standard InChI is InChI=1S/C10H11O2.C5H5.Fe/c1-2-12-10(7-8-11)9-5-3-4-6-9;1-2-4-5-3-1;/h3-8H,2H2,1H3;1-5H;/q2*-1;+2. The van der Waals surface area contributed by atoms with Crippen LogP contribution in [0.2, 0.25) is 0 Å². The Hall–Kier alpha value is -1.57. The number of hydrogen-bond acceptors (Lipinski definition) is 2. The number of hydrogen-bond donors (Lipinski definition) is 0. The summed E-state index contributed by atoms with van der Waals surface area (Å²) in [5.41, 5.74) is 0.948. The van der Waals surface area contributed by atoms with E-state index in [-0.39, 0.29) is 17.1 Å². The van der Waals surface area contributed by atoms with Gasteiger partial charge < -0.3 is 9.53 Å². The fourth-order valence-corrected chi connectivity index (χ4v) is 1.30. The van der Waals surface area contributed by atoms with Gasteiger partial charge in [-0.1, -0.05) is 11.6 Å². The van der Waals surface area contributed by atoms with E-state index in [0.717, 1.165) is 11.8 Å². The molecule has 0 aliphatic carbocycles. The molecule has 0 radical (unpaired) electrons. The van der Waals surface area contributed by atoms with Gasteiger partial charge in [-0.25, -0.2) is 12.1 Å². The minimum absolute atomic E-state index is 0. The third-order valence-electron chi connectivity index (χ3n) is 2.02. The molecule has 96 valence electrons. The second kappa shape index (κ2) is 10.6. The van der Waals surface area contributed by atoms with E-state index in [1.54, 1.807) is 0 Å². The summed E-state index contributed by atoms with van der Waals surface area (Å²) in [7, 11) is 0. The van der Waals surface area contributed by atoms with Gasteiger partial charge in [0.15, 0.2) is 0 Å². The molecule has 0 aliphatic rings. The molecule has 0 aliphatic heterocycles. The number of allylic oxidation sites excluding steroid dienone is 1. The van der Waals surface area contributed by atoms with Crippen molar-refractivity contribution in [3.8, 4) is 0 Å². The minimum Gasteiger partial charge on any atom is -0.512 e. The molecular formula is C15H16FeO2. The molecule has 0 saturated heterocycles. The summed E-state index contributed by atoms with van der Waals surface area (Å²) >= 11 is 0. The number of carbonyl (C=O) groups excluding carboxylic acids is 1. The van der Waals surface area contributed by atoms with Crippen LogP contribution in [-0.4, -0.2) is 12.9 Å². The molecule has 18 heavy (non-hydrogen) atoms. The van der Waals surface area contributed by atoms with Gasteiger partial charge >= 0.3 is 17.1 Å². The van der Waals surface area contributed by atoms with Crippen molar-refractivity contribution in [3.63, 3.8) is 0 Å². The number of aldehydes is 1. The third-order valence-corrected chi connectivity index (χ3v) is 2.02. The number of ether oxygens (including phenoxy) is 1. The van der Waals surface area contributed by atoms with Gasteiger partial charge in [0.25, 0.3) is 0 Å². The van der Waals surface area contributed by atoms with Crippen LogP contribution in [0.3, 0.4) is 0 Å². The monoisotopic (exact) mass is 284 g/mol. The molecule has 0 saturated carbocycles. The van der Waals surface area contributed by atoms with E-state index in [9.17, 15) is 4.79 Å². The zero-order chi connectivity index (χ0) is 12.3.